The van der Waals surface area contributed by atoms with Gasteiger partial charge in [0.2, 0.25) is 0 Å². The molecule has 0 amide bonds. The van der Waals surface area contributed by atoms with Gasteiger partial charge in [-0.25, -0.2) is 4.63 Å². The van der Waals surface area contributed by atoms with Gasteiger partial charge in [0.15, 0.2) is 0 Å². The number of nitrogens with one attached hydrogen (secondary N) is 1. The van der Waals surface area contributed by atoms with Crippen molar-refractivity contribution < 1.29 is 14.2 Å². The zero-order valence-corrected chi connectivity index (χ0v) is 10.7. The number of hydrogen-bond donors (Lipinski definition) is 1. The van der Waals surface area contributed by atoms with Gasteiger partial charge in [0.05, 0.1) is 7.11 Å². The monoisotopic (exact) mass is 241 g/mol. The molecule has 0 bridgehead atoms. The van der Waals surface area contributed by atoms with Gasteiger partial charge < -0.3 is 4.74 Å². The highest BCUT2D eigenvalue weighted by Gasteiger charge is 2.20. The second-order valence-electron chi connectivity index (χ2n) is 4.38. The van der Waals surface area contributed by atoms with Crippen molar-refractivity contribution in [2.75, 3.05) is 7.11 Å². The number of carbonyl (C=O) groups is 1. The van der Waals surface area contributed by atoms with E-state index in [1.54, 1.807) is 0 Å². The lowest BCUT2D eigenvalue weighted by Gasteiger charge is -2.17. The molecule has 1 atom stereocenters. The molecule has 6 heteroatoms. The number of methoxy groups -OCH3 is 1. The Hall–Kier alpha value is -1.43. The molecule has 0 radical (unpaired) electrons. The third-order valence-electron chi connectivity index (χ3n) is 2.46. The molecule has 1 N–H and O–H groups in total. The Labute approximate surface area is 101 Å². The second-order valence-corrected chi connectivity index (χ2v) is 4.38. The number of aromatic nitrogens is 2. The summed E-state index contributed by atoms with van der Waals surface area (Å²) in [4.78, 5) is 11.5. The van der Waals surface area contributed by atoms with Crippen molar-refractivity contribution in [3.63, 3.8) is 0 Å². The van der Waals surface area contributed by atoms with E-state index in [9.17, 15) is 4.79 Å². The summed E-state index contributed by atoms with van der Waals surface area (Å²) in [6.45, 7) is 6.37. The minimum Gasteiger partial charge on any atom is -0.468 e. The van der Waals surface area contributed by atoms with Crippen LogP contribution in [-0.2, 0) is 16.1 Å². The lowest BCUT2D eigenvalue weighted by Crippen LogP contribution is -2.38. The van der Waals surface area contributed by atoms with Gasteiger partial charge in [0.25, 0.3) is 0 Å². The molecule has 0 aliphatic carbocycles. The van der Waals surface area contributed by atoms with Gasteiger partial charge in [-0.2, -0.15) is 0 Å². The van der Waals surface area contributed by atoms with Crippen LogP contribution in [0.3, 0.4) is 0 Å². The van der Waals surface area contributed by atoms with E-state index in [1.165, 1.54) is 7.11 Å². The predicted molar refractivity (Wildman–Crippen MR) is 61.1 cm³/mol. The van der Waals surface area contributed by atoms with E-state index in [-0.39, 0.29) is 12.0 Å². The van der Waals surface area contributed by atoms with E-state index in [0.29, 0.717) is 18.2 Å². The summed E-state index contributed by atoms with van der Waals surface area (Å²) in [5, 5.41) is 10.5. The quantitative estimate of drug-likeness (QED) is 0.750. The highest BCUT2D eigenvalue weighted by atomic mass is 16.6. The summed E-state index contributed by atoms with van der Waals surface area (Å²) in [5.41, 5.74) is 1.44. The largest absolute Gasteiger partial charge is 0.468 e. The molecule has 0 aliphatic heterocycles. The van der Waals surface area contributed by atoms with Crippen LogP contribution in [-0.4, -0.2) is 29.4 Å². The second kappa shape index (κ2) is 6.34. The number of aryl methyl sites for hydroxylation is 1. The van der Waals surface area contributed by atoms with Gasteiger partial charge >= 0.3 is 5.97 Å². The molecule has 1 aromatic heterocycles. The summed E-state index contributed by atoms with van der Waals surface area (Å²) in [5.74, 6) is 0.149. The summed E-state index contributed by atoms with van der Waals surface area (Å²) in [6.07, 6.45) is 0.719. The average Bonchev–Trinajstić information content (AvgIpc) is 2.68. The number of nitrogens with zero attached hydrogens (tertiary/aromatic N) is 2. The van der Waals surface area contributed by atoms with Crippen LogP contribution >= 0.6 is 0 Å². The maximum absolute atomic E-state index is 11.5. The van der Waals surface area contributed by atoms with Gasteiger partial charge in [-0.1, -0.05) is 24.2 Å². The van der Waals surface area contributed by atoms with Gasteiger partial charge in [-0.05, 0) is 19.3 Å². The fourth-order valence-electron chi connectivity index (χ4n) is 1.51. The van der Waals surface area contributed by atoms with Crippen LogP contribution in [0.5, 0.6) is 0 Å². The molecule has 0 spiro atoms. The van der Waals surface area contributed by atoms with Crippen molar-refractivity contribution >= 4 is 5.97 Å². The Bertz CT molecular complexity index is 363. The molecular formula is C11H19N3O3. The van der Waals surface area contributed by atoms with Crippen molar-refractivity contribution in [3.8, 4) is 0 Å². The molecule has 0 aliphatic rings. The van der Waals surface area contributed by atoms with Gasteiger partial charge in [-0.3, -0.25) is 10.1 Å². The van der Waals surface area contributed by atoms with E-state index in [2.05, 4.69) is 34.1 Å². The van der Waals surface area contributed by atoms with Crippen LogP contribution in [0.25, 0.3) is 0 Å². The molecule has 1 unspecified atom stereocenters. The lowest BCUT2D eigenvalue weighted by molar-refractivity contribution is -0.143. The summed E-state index contributed by atoms with van der Waals surface area (Å²) < 4.78 is 9.34. The average molecular weight is 241 g/mol. The van der Waals surface area contributed by atoms with Gasteiger partial charge in [0.1, 0.15) is 17.4 Å². The third-order valence-corrected chi connectivity index (χ3v) is 2.46. The van der Waals surface area contributed by atoms with Gasteiger partial charge in [0, 0.05) is 6.54 Å². The molecule has 0 saturated carbocycles. The smallest absolute Gasteiger partial charge is 0.322 e. The summed E-state index contributed by atoms with van der Waals surface area (Å²) in [6, 6.07) is -0.323. The molecule has 0 fully saturated rings. The van der Waals surface area contributed by atoms with E-state index in [4.69, 9.17) is 4.74 Å². The summed E-state index contributed by atoms with van der Waals surface area (Å²) >= 11 is 0. The minimum atomic E-state index is -0.323. The molecular weight excluding hydrogens is 222 g/mol. The van der Waals surface area contributed by atoms with Crippen LogP contribution in [0.15, 0.2) is 4.63 Å². The number of rotatable bonds is 6. The topological polar surface area (TPSA) is 77.2 Å². The number of hydrogen-bond acceptors (Lipinski definition) is 6. The first-order valence-electron chi connectivity index (χ1n) is 5.63. The first-order chi connectivity index (χ1) is 8.04. The van der Waals surface area contributed by atoms with E-state index in [0.717, 1.165) is 12.1 Å². The zero-order chi connectivity index (χ0) is 12.8. The number of ether oxygens (including phenoxy) is 1. The fraction of sp³-hybridized carbons (Fsp3) is 0.727. The number of esters is 1. The third kappa shape index (κ3) is 4.14. The normalized spacial score (nSPS) is 12.8. The van der Waals surface area contributed by atoms with E-state index < -0.39 is 0 Å². The Kier molecular flexibility index (Phi) is 5.09. The zero-order valence-electron chi connectivity index (χ0n) is 10.7. The van der Waals surface area contributed by atoms with Crippen molar-refractivity contribution in [1.82, 2.24) is 15.6 Å². The SMILES string of the molecule is COC(=O)C(CC(C)C)NCc1nonc1C. The fourth-order valence-corrected chi connectivity index (χ4v) is 1.51. The Balaban J connectivity index is 2.55. The molecule has 1 aromatic rings. The van der Waals surface area contributed by atoms with Crippen molar-refractivity contribution in [2.45, 2.75) is 39.8 Å². The summed E-state index contributed by atoms with van der Waals surface area (Å²) in [7, 11) is 1.39. The first kappa shape index (κ1) is 13.6. The Morgan fingerprint density at radius 3 is 2.65 bits per heavy atom. The van der Waals surface area contributed by atoms with Crippen molar-refractivity contribution in [3.05, 3.63) is 11.4 Å². The lowest BCUT2D eigenvalue weighted by atomic mass is 10.0. The molecule has 96 valence electrons. The molecule has 0 saturated heterocycles. The van der Waals surface area contributed by atoms with Crippen LogP contribution in [0.1, 0.15) is 31.7 Å². The van der Waals surface area contributed by atoms with Crippen LogP contribution in [0, 0.1) is 12.8 Å². The van der Waals surface area contributed by atoms with E-state index >= 15 is 0 Å². The first-order valence-corrected chi connectivity index (χ1v) is 5.63. The van der Waals surface area contributed by atoms with Crippen molar-refractivity contribution in [1.29, 1.82) is 0 Å². The van der Waals surface area contributed by atoms with E-state index in [1.807, 2.05) is 6.92 Å². The molecule has 1 rings (SSSR count). The molecule has 0 aromatic carbocycles. The minimum absolute atomic E-state index is 0.257. The van der Waals surface area contributed by atoms with Crippen LogP contribution in [0.2, 0.25) is 0 Å². The van der Waals surface area contributed by atoms with Gasteiger partial charge in [-0.15, -0.1) is 0 Å². The van der Waals surface area contributed by atoms with Crippen LogP contribution in [0.4, 0.5) is 0 Å². The maximum atomic E-state index is 11.5. The van der Waals surface area contributed by atoms with Crippen molar-refractivity contribution in [2.24, 2.45) is 5.92 Å². The molecule has 6 nitrogen and oxygen atoms in total. The number of carbonyl (C=O) groups excluding carboxylic acids is 1. The Morgan fingerprint density at radius 1 is 1.47 bits per heavy atom. The van der Waals surface area contributed by atoms with Crippen LogP contribution < -0.4 is 5.32 Å². The molecule has 1 heterocycles. The highest BCUT2D eigenvalue weighted by Crippen LogP contribution is 2.08. The maximum Gasteiger partial charge on any atom is 0.322 e. The standard InChI is InChI=1S/C11H19N3O3/c1-7(2)5-9(11(15)16-4)12-6-10-8(3)13-17-14-10/h7,9,12H,5-6H2,1-4H3. The Morgan fingerprint density at radius 2 is 2.18 bits per heavy atom. The highest BCUT2D eigenvalue weighted by molar-refractivity contribution is 5.75. The molecule has 17 heavy (non-hydrogen) atoms. The predicted octanol–water partition coefficient (Wildman–Crippen LogP) is 1.06.